The summed E-state index contributed by atoms with van der Waals surface area (Å²) in [4.78, 5) is 21.9. The van der Waals surface area contributed by atoms with Crippen LogP contribution in [-0.4, -0.2) is 59.3 Å². The minimum absolute atomic E-state index is 0.287. The number of ether oxygens (including phenoxy) is 1. The summed E-state index contributed by atoms with van der Waals surface area (Å²) in [6, 6.07) is 2.32. The molecule has 0 saturated carbocycles. The van der Waals surface area contributed by atoms with Gasteiger partial charge >= 0.3 is 6.18 Å². The van der Waals surface area contributed by atoms with E-state index in [0.717, 1.165) is 38.2 Å². The third-order valence-corrected chi connectivity index (χ3v) is 5.11. The Labute approximate surface area is 166 Å². The molecule has 0 atom stereocenters. The van der Waals surface area contributed by atoms with Gasteiger partial charge in [-0.15, -0.1) is 0 Å². The third-order valence-electron chi connectivity index (χ3n) is 5.11. The molecular formula is C19H23F3N6O. The molecule has 4 rings (SSSR count). The number of aromatic nitrogens is 4. The van der Waals surface area contributed by atoms with Crippen molar-refractivity contribution in [3.63, 3.8) is 0 Å². The van der Waals surface area contributed by atoms with E-state index in [1.807, 2.05) is 4.90 Å². The summed E-state index contributed by atoms with van der Waals surface area (Å²) in [7, 11) is 0. The fourth-order valence-electron chi connectivity index (χ4n) is 3.48. The van der Waals surface area contributed by atoms with E-state index in [9.17, 15) is 13.2 Å². The van der Waals surface area contributed by atoms with E-state index in [1.54, 1.807) is 0 Å². The largest absolute Gasteiger partial charge is 0.417 e. The zero-order chi connectivity index (χ0) is 20.3. The molecule has 0 N–H and O–H groups in total. The SMILES string of the molecule is FC(F)(F)c1ccc(-c2nc(N3CCCCCC3)nc(N3CCOCC3)n2)nc1. The number of hydrogen-bond donors (Lipinski definition) is 0. The zero-order valence-electron chi connectivity index (χ0n) is 16.0. The summed E-state index contributed by atoms with van der Waals surface area (Å²) < 4.78 is 44.0. The van der Waals surface area contributed by atoms with Crippen molar-refractivity contribution in [1.29, 1.82) is 0 Å². The van der Waals surface area contributed by atoms with Gasteiger partial charge in [0.05, 0.1) is 18.8 Å². The molecule has 0 aliphatic carbocycles. The summed E-state index contributed by atoms with van der Waals surface area (Å²) in [6.45, 7) is 4.18. The smallest absolute Gasteiger partial charge is 0.378 e. The first-order chi connectivity index (χ1) is 14.0. The molecule has 29 heavy (non-hydrogen) atoms. The van der Waals surface area contributed by atoms with Crippen LogP contribution in [0.25, 0.3) is 11.5 Å². The fourth-order valence-corrected chi connectivity index (χ4v) is 3.48. The third kappa shape index (κ3) is 4.75. The van der Waals surface area contributed by atoms with Crippen molar-refractivity contribution < 1.29 is 17.9 Å². The molecule has 7 nitrogen and oxygen atoms in total. The van der Waals surface area contributed by atoms with E-state index in [4.69, 9.17) is 4.74 Å². The summed E-state index contributed by atoms with van der Waals surface area (Å²) in [5.74, 6) is 1.36. The summed E-state index contributed by atoms with van der Waals surface area (Å²) in [5, 5.41) is 0. The van der Waals surface area contributed by atoms with Crippen LogP contribution in [0.15, 0.2) is 18.3 Å². The molecule has 4 heterocycles. The molecular weight excluding hydrogens is 385 g/mol. The second-order valence-electron chi connectivity index (χ2n) is 7.19. The van der Waals surface area contributed by atoms with Crippen LogP contribution in [0.2, 0.25) is 0 Å². The maximum Gasteiger partial charge on any atom is 0.417 e. The van der Waals surface area contributed by atoms with Crippen LogP contribution in [0.3, 0.4) is 0 Å². The number of rotatable bonds is 3. The lowest BCUT2D eigenvalue weighted by molar-refractivity contribution is -0.137. The first kappa shape index (κ1) is 19.8. The predicted molar refractivity (Wildman–Crippen MR) is 102 cm³/mol. The molecule has 0 bridgehead atoms. The standard InChI is InChI=1S/C19H23F3N6O/c20-19(21,22)14-5-6-15(23-13-14)16-24-17(27-7-3-1-2-4-8-27)26-18(25-16)28-9-11-29-12-10-28/h5-6,13H,1-4,7-12H2. The Balaban J connectivity index is 1.70. The van der Waals surface area contributed by atoms with Crippen LogP contribution in [0.4, 0.5) is 25.1 Å². The van der Waals surface area contributed by atoms with Crippen molar-refractivity contribution >= 4 is 11.9 Å². The van der Waals surface area contributed by atoms with Crippen molar-refractivity contribution in [2.75, 3.05) is 49.2 Å². The van der Waals surface area contributed by atoms with Crippen LogP contribution in [0, 0.1) is 0 Å². The summed E-state index contributed by atoms with van der Waals surface area (Å²) in [5.41, 5.74) is -0.498. The molecule has 2 aliphatic heterocycles. The van der Waals surface area contributed by atoms with Gasteiger partial charge in [0.2, 0.25) is 11.9 Å². The molecule has 2 fully saturated rings. The second kappa shape index (κ2) is 8.48. The lowest BCUT2D eigenvalue weighted by Gasteiger charge is -2.28. The quantitative estimate of drug-likeness (QED) is 0.773. The van der Waals surface area contributed by atoms with E-state index < -0.39 is 11.7 Å². The Morgan fingerprint density at radius 1 is 0.793 bits per heavy atom. The van der Waals surface area contributed by atoms with Crippen LogP contribution in [0.1, 0.15) is 31.2 Å². The molecule has 2 aromatic heterocycles. The van der Waals surface area contributed by atoms with Crippen molar-refractivity contribution in [2.45, 2.75) is 31.9 Å². The van der Waals surface area contributed by atoms with E-state index in [-0.39, 0.29) is 5.82 Å². The average molecular weight is 408 g/mol. The molecule has 2 aromatic rings. The number of morpholine rings is 1. The topological polar surface area (TPSA) is 67.3 Å². The molecule has 156 valence electrons. The Bertz CT molecular complexity index is 816. The lowest BCUT2D eigenvalue weighted by Crippen LogP contribution is -2.38. The maximum absolute atomic E-state index is 12.9. The van der Waals surface area contributed by atoms with Crippen LogP contribution in [-0.2, 0) is 10.9 Å². The second-order valence-corrected chi connectivity index (χ2v) is 7.19. The Kier molecular flexibility index (Phi) is 5.79. The fraction of sp³-hybridized carbons (Fsp3) is 0.579. The highest BCUT2D eigenvalue weighted by Crippen LogP contribution is 2.30. The van der Waals surface area contributed by atoms with Crippen molar-refractivity contribution in [3.05, 3.63) is 23.9 Å². The van der Waals surface area contributed by atoms with Gasteiger partial charge in [0.15, 0.2) is 5.82 Å². The molecule has 0 amide bonds. The number of nitrogens with zero attached hydrogens (tertiary/aromatic N) is 6. The maximum atomic E-state index is 12.9. The normalized spacial score (nSPS) is 18.6. The number of anilines is 2. The molecule has 0 unspecified atom stereocenters. The number of halogens is 3. The van der Waals surface area contributed by atoms with Gasteiger partial charge in [-0.1, -0.05) is 12.8 Å². The minimum Gasteiger partial charge on any atom is -0.378 e. The van der Waals surface area contributed by atoms with Gasteiger partial charge in [-0.25, -0.2) is 0 Å². The summed E-state index contributed by atoms with van der Waals surface area (Å²) in [6.07, 6.45) is 0.856. The predicted octanol–water partition coefficient (Wildman–Crippen LogP) is 3.17. The van der Waals surface area contributed by atoms with Crippen molar-refractivity contribution in [3.8, 4) is 11.5 Å². The molecule has 10 heteroatoms. The lowest BCUT2D eigenvalue weighted by atomic mass is 10.2. The van der Waals surface area contributed by atoms with E-state index in [2.05, 4.69) is 24.8 Å². The van der Waals surface area contributed by atoms with Gasteiger partial charge in [0, 0.05) is 32.4 Å². The van der Waals surface area contributed by atoms with Gasteiger partial charge < -0.3 is 14.5 Å². The number of alkyl halides is 3. The Hall–Kier alpha value is -2.49. The number of pyridine rings is 1. The van der Waals surface area contributed by atoms with Gasteiger partial charge in [0.25, 0.3) is 0 Å². The van der Waals surface area contributed by atoms with E-state index in [1.165, 1.54) is 18.9 Å². The van der Waals surface area contributed by atoms with Gasteiger partial charge in [-0.05, 0) is 25.0 Å². The van der Waals surface area contributed by atoms with E-state index >= 15 is 0 Å². The highest BCUT2D eigenvalue weighted by molar-refractivity contribution is 5.55. The molecule has 2 saturated heterocycles. The minimum atomic E-state index is -4.43. The van der Waals surface area contributed by atoms with Gasteiger partial charge in [-0.3, -0.25) is 4.98 Å². The number of hydrogen-bond acceptors (Lipinski definition) is 7. The molecule has 0 radical (unpaired) electrons. The van der Waals surface area contributed by atoms with E-state index in [0.29, 0.717) is 43.9 Å². The first-order valence-electron chi connectivity index (χ1n) is 9.88. The Morgan fingerprint density at radius 2 is 1.41 bits per heavy atom. The average Bonchev–Trinajstić information content (AvgIpc) is 3.03. The Morgan fingerprint density at radius 3 is 1.97 bits per heavy atom. The van der Waals surface area contributed by atoms with Crippen LogP contribution in [0.5, 0.6) is 0 Å². The molecule has 2 aliphatic rings. The highest BCUT2D eigenvalue weighted by Gasteiger charge is 2.31. The van der Waals surface area contributed by atoms with Crippen molar-refractivity contribution in [2.24, 2.45) is 0 Å². The zero-order valence-corrected chi connectivity index (χ0v) is 16.0. The van der Waals surface area contributed by atoms with Crippen LogP contribution >= 0.6 is 0 Å². The monoisotopic (exact) mass is 408 g/mol. The van der Waals surface area contributed by atoms with Gasteiger partial charge in [0.1, 0.15) is 5.69 Å². The highest BCUT2D eigenvalue weighted by atomic mass is 19.4. The molecule has 0 aromatic carbocycles. The summed E-state index contributed by atoms with van der Waals surface area (Å²) >= 11 is 0. The first-order valence-corrected chi connectivity index (χ1v) is 9.88. The van der Waals surface area contributed by atoms with Gasteiger partial charge in [-0.2, -0.15) is 28.1 Å². The molecule has 0 spiro atoms. The van der Waals surface area contributed by atoms with Crippen LogP contribution < -0.4 is 9.80 Å². The van der Waals surface area contributed by atoms with Crippen molar-refractivity contribution in [1.82, 2.24) is 19.9 Å².